The first-order valence-corrected chi connectivity index (χ1v) is 6.50. The maximum atomic E-state index is 11.7. The van der Waals surface area contributed by atoms with Crippen LogP contribution in [-0.4, -0.2) is 43.7 Å². The number of carbonyl (C=O) groups is 1. The number of nitrogens with zero attached hydrogens (tertiary/aromatic N) is 2. The number of nitrogens with one attached hydrogen (secondary N) is 1. The summed E-state index contributed by atoms with van der Waals surface area (Å²) in [4.78, 5) is 18.2. The number of hydrogen-bond acceptors (Lipinski definition) is 5. The highest BCUT2D eigenvalue weighted by Crippen LogP contribution is 2.15. The third-order valence-electron chi connectivity index (χ3n) is 3.15. The van der Waals surface area contributed by atoms with Crippen molar-refractivity contribution in [3.63, 3.8) is 0 Å². The molecule has 1 unspecified atom stereocenters. The third kappa shape index (κ3) is 3.65. The second-order valence-corrected chi connectivity index (χ2v) is 4.63. The lowest BCUT2D eigenvalue weighted by atomic mass is 10.1. The number of anilines is 2. The van der Waals surface area contributed by atoms with Crippen molar-refractivity contribution in [1.29, 1.82) is 0 Å². The number of amides is 1. The summed E-state index contributed by atoms with van der Waals surface area (Å²) in [6, 6.07) is 3.77. The fourth-order valence-corrected chi connectivity index (χ4v) is 1.81. The number of nitrogens with two attached hydrogens (primary N) is 1. The molecule has 1 aliphatic rings. The minimum atomic E-state index is -0.195. The molecule has 0 spiro atoms. The van der Waals surface area contributed by atoms with E-state index in [4.69, 9.17) is 10.5 Å². The van der Waals surface area contributed by atoms with E-state index in [9.17, 15) is 4.79 Å². The average Bonchev–Trinajstić information content (AvgIpc) is 2.48. The third-order valence-corrected chi connectivity index (χ3v) is 3.15. The number of ether oxygens (including phenoxy) is 1. The van der Waals surface area contributed by atoms with Crippen LogP contribution in [-0.2, 0) is 9.53 Å². The second kappa shape index (κ2) is 6.49. The smallest absolute Gasteiger partial charge is 0.228 e. The van der Waals surface area contributed by atoms with Crippen LogP contribution in [0.5, 0.6) is 0 Å². The van der Waals surface area contributed by atoms with Gasteiger partial charge in [-0.15, -0.1) is 0 Å². The molecule has 6 heteroatoms. The van der Waals surface area contributed by atoms with E-state index in [2.05, 4.69) is 15.2 Å². The molecule has 2 heterocycles. The summed E-state index contributed by atoms with van der Waals surface area (Å²) in [6.45, 7) is 5.30. The molecule has 0 bridgehead atoms. The van der Waals surface area contributed by atoms with E-state index in [-0.39, 0.29) is 11.8 Å². The SMILES string of the molecule is CC(CN)C(=O)Nc1ccc(N2CCOCC2)nc1. The van der Waals surface area contributed by atoms with Crippen molar-refractivity contribution in [1.82, 2.24) is 4.98 Å². The van der Waals surface area contributed by atoms with E-state index in [1.807, 2.05) is 12.1 Å². The van der Waals surface area contributed by atoms with E-state index in [0.717, 1.165) is 32.1 Å². The molecule has 1 aliphatic heterocycles. The van der Waals surface area contributed by atoms with E-state index in [0.29, 0.717) is 12.2 Å². The van der Waals surface area contributed by atoms with Gasteiger partial charge in [0, 0.05) is 25.6 Å². The highest BCUT2D eigenvalue weighted by molar-refractivity contribution is 5.92. The van der Waals surface area contributed by atoms with Crippen molar-refractivity contribution in [3.8, 4) is 0 Å². The van der Waals surface area contributed by atoms with Crippen LogP contribution in [0, 0.1) is 5.92 Å². The van der Waals surface area contributed by atoms with Crippen molar-refractivity contribution in [2.75, 3.05) is 43.1 Å². The predicted molar refractivity (Wildman–Crippen MR) is 74.1 cm³/mol. The molecule has 0 radical (unpaired) electrons. The first-order valence-electron chi connectivity index (χ1n) is 6.50. The Bertz CT molecular complexity index is 415. The van der Waals surface area contributed by atoms with Gasteiger partial charge in [0.05, 0.1) is 25.1 Å². The summed E-state index contributed by atoms with van der Waals surface area (Å²) in [5.74, 6) is 0.635. The van der Waals surface area contributed by atoms with Crippen LogP contribution >= 0.6 is 0 Å². The molecular weight excluding hydrogens is 244 g/mol. The van der Waals surface area contributed by atoms with Crippen molar-refractivity contribution >= 4 is 17.4 Å². The number of morpholine rings is 1. The van der Waals surface area contributed by atoms with Gasteiger partial charge in [0.2, 0.25) is 5.91 Å². The van der Waals surface area contributed by atoms with Crippen LogP contribution in [0.1, 0.15) is 6.92 Å². The molecule has 0 aromatic carbocycles. The van der Waals surface area contributed by atoms with Gasteiger partial charge in [-0.3, -0.25) is 4.79 Å². The molecule has 6 nitrogen and oxygen atoms in total. The standard InChI is InChI=1S/C13H20N4O2/c1-10(8-14)13(18)16-11-2-3-12(15-9-11)17-4-6-19-7-5-17/h2-3,9-10H,4-8,14H2,1H3,(H,16,18). The fourth-order valence-electron chi connectivity index (χ4n) is 1.81. The van der Waals surface area contributed by atoms with Crippen LogP contribution in [0.2, 0.25) is 0 Å². The highest BCUT2D eigenvalue weighted by atomic mass is 16.5. The minimum absolute atomic E-state index is 0.0802. The summed E-state index contributed by atoms with van der Waals surface area (Å²) in [6.07, 6.45) is 1.67. The summed E-state index contributed by atoms with van der Waals surface area (Å²) in [7, 11) is 0. The molecule has 1 amide bonds. The maximum Gasteiger partial charge on any atom is 0.228 e. The topological polar surface area (TPSA) is 80.5 Å². The van der Waals surface area contributed by atoms with E-state index >= 15 is 0 Å². The van der Waals surface area contributed by atoms with Crippen LogP contribution in [0.3, 0.4) is 0 Å². The largest absolute Gasteiger partial charge is 0.378 e. The quantitative estimate of drug-likeness (QED) is 0.825. The normalized spacial score (nSPS) is 17.1. The van der Waals surface area contributed by atoms with Gasteiger partial charge < -0.3 is 20.7 Å². The van der Waals surface area contributed by atoms with E-state index in [1.54, 1.807) is 13.1 Å². The van der Waals surface area contributed by atoms with Crippen molar-refractivity contribution < 1.29 is 9.53 Å². The molecule has 1 saturated heterocycles. The van der Waals surface area contributed by atoms with Gasteiger partial charge in [-0.1, -0.05) is 6.92 Å². The lowest BCUT2D eigenvalue weighted by Crippen LogP contribution is -2.36. The Morgan fingerprint density at radius 2 is 2.26 bits per heavy atom. The Balaban J connectivity index is 1.96. The highest BCUT2D eigenvalue weighted by Gasteiger charge is 2.13. The number of hydrogen-bond donors (Lipinski definition) is 2. The van der Waals surface area contributed by atoms with Gasteiger partial charge in [-0.05, 0) is 12.1 Å². The van der Waals surface area contributed by atoms with E-state index in [1.165, 1.54) is 0 Å². The Labute approximate surface area is 112 Å². The fraction of sp³-hybridized carbons (Fsp3) is 0.538. The first-order chi connectivity index (χ1) is 9.20. The van der Waals surface area contributed by atoms with Gasteiger partial charge in [-0.2, -0.15) is 0 Å². The predicted octanol–water partition coefficient (Wildman–Crippen LogP) is 0.452. The van der Waals surface area contributed by atoms with Crippen LogP contribution < -0.4 is 16.0 Å². The van der Waals surface area contributed by atoms with Gasteiger partial charge >= 0.3 is 0 Å². The molecule has 1 aromatic rings. The van der Waals surface area contributed by atoms with Crippen LogP contribution in [0.15, 0.2) is 18.3 Å². The Kier molecular flexibility index (Phi) is 4.70. The number of rotatable bonds is 4. The summed E-state index contributed by atoms with van der Waals surface area (Å²) in [5, 5.41) is 2.80. The molecule has 1 fully saturated rings. The van der Waals surface area contributed by atoms with Crippen molar-refractivity contribution in [3.05, 3.63) is 18.3 Å². The zero-order chi connectivity index (χ0) is 13.7. The molecule has 0 aliphatic carbocycles. The number of carbonyl (C=O) groups excluding carboxylic acids is 1. The monoisotopic (exact) mass is 264 g/mol. The number of pyridine rings is 1. The lowest BCUT2D eigenvalue weighted by molar-refractivity contribution is -0.119. The zero-order valence-electron chi connectivity index (χ0n) is 11.1. The molecule has 104 valence electrons. The maximum absolute atomic E-state index is 11.7. The molecular formula is C13H20N4O2. The zero-order valence-corrected chi connectivity index (χ0v) is 11.1. The first kappa shape index (κ1) is 13.8. The molecule has 1 aromatic heterocycles. The molecule has 19 heavy (non-hydrogen) atoms. The molecule has 2 rings (SSSR count). The summed E-state index contributed by atoms with van der Waals surface area (Å²) in [5.41, 5.74) is 6.15. The minimum Gasteiger partial charge on any atom is -0.378 e. The number of aromatic nitrogens is 1. The molecule has 3 N–H and O–H groups in total. The summed E-state index contributed by atoms with van der Waals surface area (Å²) >= 11 is 0. The Morgan fingerprint density at radius 1 is 1.53 bits per heavy atom. The van der Waals surface area contributed by atoms with Crippen molar-refractivity contribution in [2.45, 2.75) is 6.92 Å². The van der Waals surface area contributed by atoms with Gasteiger partial charge in [0.15, 0.2) is 0 Å². The van der Waals surface area contributed by atoms with Crippen LogP contribution in [0.4, 0.5) is 11.5 Å². The van der Waals surface area contributed by atoms with E-state index < -0.39 is 0 Å². The van der Waals surface area contributed by atoms with Gasteiger partial charge in [0.25, 0.3) is 0 Å². The lowest BCUT2D eigenvalue weighted by Gasteiger charge is -2.27. The molecule has 1 atom stereocenters. The Morgan fingerprint density at radius 3 is 2.84 bits per heavy atom. The Hall–Kier alpha value is -1.66. The average molecular weight is 264 g/mol. The molecule has 0 saturated carbocycles. The second-order valence-electron chi connectivity index (χ2n) is 4.63. The summed E-state index contributed by atoms with van der Waals surface area (Å²) < 4.78 is 5.30. The van der Waals surface area contributed by atoms with Gasteiger partial charge in [0.1, 0.15) is 5.82 Å². The van der Waals surface area contributed by atoms with Crippen LogP contribution in [0.25, 0.3) is 0 Å². The van der Waals surface area contributed by atoms with Crippen molar-refractivity contribution in [2.24, 2.45) is 11.7 Å². The van der Waals surface area contributed by atoms with Gasteiger partial charge in [-0.25, -0.2) is 4.98 Å².